The number of hydrogen-bond acceptors (Lipinski definition) is 2. The number of hydrogen-bond donors (Lipinski definition) is 1. The molecule has 2 heterocycles. The van der Waals surface area contributed by atoms with Crippen LogP contribution in [0.4, 0.5) is 0 Å². The number of carbonyl (C=O) groups is 1. The summed E-state index contributed by atoms with van der Waals surface area (Å²) in [5, 5.41) is 3.03. The van der Waals surface area contributed by atoms with Gasteiger partial charge in [-0.05, 0) is 32.2 Å². The maximum atomic E-state index is 10.9. The highest BCUT2D eigenvalue weighted by Crippen LogP contribution is 2.26. The van der Waals surface area contributed by atoms with Crippen molar-refractivity contribution in [3.63, 3.8) is 0 Å². The average molecular weight is 182 g/mol. The van der Waals surface area contributed by atoms with E-state index in [1.165, 1.54) is 32.4 Å². The monoisotopic (exact) mass is 182 g/mol. The summed E-state index contributed by atoms with van der Waals surface area (Å²) in [5.74, 6) is 0.122. The van der Waals surface area contributed by atoms with Crippen LogP contribution in [0.15, 0.2) is 0 Å². The molecule has 3 heteroatoms. The van der Waals surface area contributed by atoms with Crippen molar-refractivity contribution in [2.24, 2.45) is 0 Å². The molecule has 0 radical (unpaired) electrons. The third-order valence-corrected chi connectivity index (χ3v) is 3.23. The molecule has 2 unspecified atom stereocenters. The largest absolute Gasteiger partial charge is 0.354 e. The number of nitrogens with zero attached hydrogens (tertiary/aromatic N) is 1. The Balaban J connectivity index is 1.86. The van der Waals surface area contributed by atoms with Gasteiger partial charge in [0.05, 0.1) is 0 Å². The Morgan fingerprint density at radius 2 is 2.23 bits per heavy atom. The Morgan fingerprint density at radius 1 is 1.38 bits per heavy atom. The molecule has 0 aromatic heterocycles. The first-order valence-electron chi connectivity index (χ1n) is 5.27. The molecule has 13 heavy (non-hydrogen) atoms. The summed E-state index contributed by atoms with van der Waals surface area (Å²) >= 11 is 0. The zero-order valence-corrected chi connectivity index (χ0v) is 8.25. The minimum atomic E-state index is 0.122. The van der Waals surface area contributed by atoms with E-state index in [9.17, 15) is 4.79 Å². The second kappa shape index (κ2) is 3.66. The molecular formula is C10H18N2O. The van der Waals surface area contributed by atoms with Gasteiger partial charge in [0.2, 0.25) is 5.91 Å². The summed E-state index contributed by atoms with van der Waals surface area (Å²) in [7, 11) is 0. The smallest absolute Gasteiger partial charge is 0.217 e. The third kappa shape index (κ3) is 2.02. The molecule has 2 aliphatic rings. The molecule has 2 saturated heterocycles. The van der Waals surface area contributed by atoms with Crippen molar-refractivity contribution in [3.05, 3.63) is 0 Å². The van der Waals surface area contributed by atoms with Gasteiger partial charge in [-0.2, -0.15) is 0 Å². The first kappa shape index (κ1) is 9.00. The SMILES string of the molecule is CC(=O)NC1CCN2CCCC2C1. The van der Waals surface area contributed by atoms with E-state index in [0.29, 0.717) is 6.04 Å². The zero-order chi connectivity index (χ0) is 9.26. The van der Waals surface area contributed by atoms with Gasteiger partial charge in [0.1, 0.15) is 0 Å². The first-order chi connectivity index (χ1) is 6.25. The van der Waals surface area contributed by atoms with E-state index in [-0.39, 0.29) is 5.91 Å². The maximum absolute atomic E-state index is 10.9. The van der Waals surface area contributed by atoms with Gasteiger partial charge >= 0.3 is 0 Å². The summed E-state index contributed by atoms with van der Waals surface area (Å²) in [6.45, 7) is 4.06. The Bertz CT molecular complexity index is 205. The molecule has 0 saturated carbocycles. The van der Waals surface area contributed by atoms with E-state index < -0.39 is 0 Å². The molecule has 0 aliphatic carbocycles. The molecule has 0 spiro atoms. The average Bonchev–Trinajstić information content (AvgIpc) is 2.49. The van der Waals surface area contributed by atoms with E-state index in [1.807, 2.05) is 0 Å². The molecule has 74 valence electrons. The van der Waals surface area contributed by atoms with E-state index >= 15 is 0 Å². The molecule has 2 fully saturated rings. The fraction of sp³-hybridized carbons (Fsp3) is 0.900. The molecule has 1 amide bonds. The van der Waals surface area contributed by atoms with Crippen molar-refractivity contribution < 1.29 is 4.79 Å². The number of nitrogens with one attached hydrogen (secondary N) is 1. The second-order valence-electron chi connectivity index (χ2n) is 4.25. The summed E-state index contributed by atoms with van der Waals surface area (Å²) in [5.41, 5.74) is 0. The molecule has 0 aromatic rings. The zero-order valence-electron chi connectivity index (χ0n) is 8.25. The van der Waals surface area contributed by atoms with Crippen molar-refractivity contribution in [3.8, 4) is 0 Å². The fourth-order valence-electron chi connectivity index (χ4n) is 2.64. The van der Waals surface area contributed by atoms with Gasteiger partial charge < -0.3 is 10.2 Å². The number of fused-ring (bicyclic) bond motifs is 1. The highest BCUT2D eigenvalue weighted by molar-refractivity contribution is 5.73. The Hall–Kier alpha value is -0.570. The van der Waals surface area contributed by atoms with Crippen LogP contribution in [-0.4, -0.2) is 36.0 Å². The van der Waals surface area contributed by atoms with Gasteiger partial charge in [0.15, 0.2) is 0 Å². The normalized spacial score (nSPS) is 34.2. The Kier molecular flexibility index (Phi) is 2.54. The lowest BCUT2D eigenvalue weighted by Gasteiger charge is -2.34. The van der Waals surface area contributed by atoms with Crippen LogP contribution >= 0.6 is 0 Å². The topological polar surface area (TPSA) is 32.3 Å². The van der Waals surface area contributed by atoms with Crippen molar-refractivity contribution in [1.82, 2.24) is 10.2 Å². The Morgan fingerprint density at radius 3 is 3.00 bits per heavy atom. The van der Waals surface area contributed by atoms with Gasteiger partial charge in [0.25, 0.3) is 0 Å². The van der Waals surface area contributed by atoms with Crippen LogP contribution in [0.3, 0.4) is 0 Å². The van der Waals surface area contributed by atoms with Crippen LogP contribution in [-0.2, 0) is 4.79 Å². The predicted octanol–water partition coefficient (Wildman–Crippen LogP) is 0.749. The summed E-state index contributed by atoms with van der Waals surface area (Å²) in [6, 6.07) is 1.20. The van der Waals surface area contributed by atoms with Crippen molar-refractivity contribution in [2.75, 3.05) is 13.1 Å². The molecule has 0 aromatic carbocycles. The van der Waals surface area contributed by atoms with Gasteiger partial charge in [-0.15, -0.1) is 0 Å². The highest BCUT2D eigenvalue weighted by atomic mass is 16.1. The summed E-state index contributed by atoms with van der Waals surface area (Å²) in [4.78, 5) is 13.4. The summed E-state index contributed by atoms with van der Waals surface area (Å²) in [6.07, 6.45) is 4.98. The number of piperidine rings is 1. The third-order valence-electron chi connectivity index (χ3n) is 3.23. The standard InChI is InChI=1S/C10H18N2O/c1-8(13)11-9-4-6-12-5-2-3-10(12)7-9/h9-10H,2-7H2,1H3,(H,11,13). The maximum Gasteiger partial charge on any atom is 0.217 e. The predicted molar refractivity (Wildman–Crippen MR) is 51.4 cm³/mol. The molecule has 1 N–H and O–H groups in total. The number of carbonyl (C=O) groups excluding carboxylic acids is 1. The van der Waals surface area contributed by atoms with Gasteiger partial charge in [-0.1, -0.05) is 0 Å². The van der Waals surface area contributed by atoms with Crippen LogP contribution in [0.2, 0.25) is 0 Å². The number of rotatable bonds is 1. The molecular weight excluding hydrogens is 164 g/mol. The molecule has 0 bridgehead atoms. The lowest BCUT2D eigenvalue weighted by Crippen LogP contribution is -2.46. The van der Waals surface area contributed by atoms with Gasteiger partial charge in [-0.25, -0.2) is 0 Å². The van der Waals surface area contributed by atoms with Crippen molar-refractivity contribution >= 4 is 5.91 Å². The molecule has 2 aliphatic heterocycles. The first-order valence-corrected chi connectivity index (χ1v) is 5.27. The van der Waals surface area contributed by atoms with Crippen molar-refractivity contribution in [2.45, 2.75) is 44.7 Å². The van der Waals surface area contributed by atoms with E-state index in [1.54, 1.807) is 6.92 Å². The minimum Gasteiger partial charge on any atom is -0.354 e. The number of amides is 1. The van der Waals surface area contributed by atoms with Crippen LogP contribution in [0.25, 0.3) is 0 Å². The Labute approximate surface area is 79.5 Å². The molecule has 2 rings (SSSR count). The van der Waals surface area contributed by atoms with Crippen LogP contribution < -0.4 is 5.32 Å². The van der Waals surface area contributed by atoms with Gasteiger partial charge in [0, 0.05) is 25.6 Å². The summed E-state index contributed by atoms with van der Waals surface area (Å²) < 4.78 is 0. The fourth-order valence-corrected chi connectivity index (χ4v) is 2.64. The molecule has 2 atom stereocenters. The van der Waals surface area contributed by atoms with E-state index in [0.717, 1.165) is 12.5 Å². The van der Waals surface area contributed by atoms with Crippen LogP contribution in [0.1, 0.15) is 32.6 Å². The van der Waals surface area contributed by atoms with E-state index in [2.05, 4.69) is 10.2 Å². The molecule has 3 nitrogen and oxygen atoms in total. The lowest BCUT2D eigenvalue weighted by atomic mass is 9.98. The van der Waals surface area contributed by atoms with E-state index in [4.69, 9.17) is 0 Å². The quantitative estimate of drug-likeness (QED) is 0.649. The van der Waals surface area contributed by atoms with Crippen LogP contribution in [0, 0.1) is 0 Å². The van der Waals surface area contributed by atoms with Gasteiger partial charge in [-0.3, -0.25) is 4.79 Å². The second-order valence-corrected chi connectivity index (χ2v) is 4.25. The highest BCUT2D eigenvalue weighted by Gasteiger charge is 2.31. The minimum absolute atomic E-state index is 0.122. The lowest BCUT2D eigenvalue weighted by molar-refractivity contribution is -0.120. The van der Waals surface area contributed by atoms with Crippen LogP contribution in [0.5, 0.6) is 0 Å². The van der Waals surface area contributed by atoms with Crippen molar-refractivity contribution in [1.29, 1.82) is 0 Å².